The third kappa shape index (κ3) is 4.80. The molecule has 0 saturated carbocycles. The van der Waals surface area contributed by atoms with Crippen molar-refractivity contribution >= 4 is 22.6 Å². The Bertz CT molecular complexity index is 181. The van der Waals surface area contributed by atoms with Crippen molar-refractivity contribution in [1.82, 2.24) is 5.32 Å². The van der Waals surface area contributed by atoms with Crippen LogP contribution in [-0.2, 0) is 10.8 Å². The van der Waals surface area contributed by atoms with Gasteiger partial charge in [0.05, 0.1) is 0 Å². The summed E-state index contributed by atoms with van der Waals surface area (Å²) in [5.41, 5.74) is 0. The van der Waals surface area contributed by atoms with E-state index in [1.807, 2.05) is 11.8 Å². The average Bonchev–Trinajstić information content (AvgIpc) is 2.19. The van der Waals surface area contributed by atoms with Gasteiger partial charge in [-0.05, 0) is 31.6 Å². The van der Waals surface area contributed by atoms with Crippen LogP contribution < -0.4 is 5.32 Å². The normalized spacial score (nSPS) is 27.1. The molecule has 0 aromatic heterocycles. The number of thioether (sulfide) groups is 1. The molecular formula is C10H21NOS2. The number of hydrogen-bond donors (Lipinski definition) is 1. The van der Waals surface area contributed by atoms with Crippen molar-refractivity contribution in [3.05, 3.63) is 0 Å². The van der Waals surface area contributed by atoms with Crippen LogP contribution in [0.2, 0.25) is 0 Å². The predicted molar refractivity (Wildman–Crippen MR) is 66.5 cm³/mol. The van der Waals surface area contributed by atoms with E-state index in [4.69, 9.17) is 0 Å². The molecular weight excluding hydrogens is 214 g/mol. The maximum atomic E-state index is 11.1. The largest absolute Gasteiger partial charge is 0.313 e. The van der Waals surface area contributed by atoms with Crippen LogP contribution in [0.25, 0.3) is 0 Å². The lowest BCUT2D eigenvalue weighted by atomic mass is 10.2. The summed E-state index contributed by atoms with van der Waals surface area (Å²) in [5.74, 6) is 2.58. The lowest BCUT2D eigenvalue weighted by Gasteiger charge is -2.23. The van der Waals surface area contributed by atoms with Gasteiger partial charge in [-0.3, -0.25) is 4.21 Å². The van der Waals surface area contributed by atoms with Gasteiger partial charge < -0.3 is 5.32 Å². The first kappa shape index (κ1) is 12.5. The van der Waals surface area contributed by atoms with E-state index in [1.54, 1.807) is 6.26 Å². The van der Waals surface area contributed by atoms with Gasteiger partial charge in [0, 0.05) is 34.1 Å². The number of rotatable bonds is 5. The summed E-state index contributed by atoms with van der Waals surface area (Å²) in [5, 5.41) is 3.88. The van der Waals surface area contributed by atoms with Crippen LogP contribution in [0, 0.1) is 0 Å². The van der Waals surface area contributed by atoms with Crippen LogP contribution in [0.5, 0.6) is 0 Å². The Kier molecular flexibility index (Phi) is 6.13. The monoisotopic (exact) mass is 235 g/mol. The highest BCUT2D eigenvalue weighted by Crippen LogP contribution is 2.16. The molecule has 1 fully saturated rings. The molecule has 1 heterocycles. The Balaban J connectivity index is 2.05. The molecule has 14 heavy (non-hydrogen) atoms. The van der Waals surface area contributed by atoms with Gasteiger partial charge in [0.25, 0.3) is 0 Å². The third-order valence-corrected chi connectivity index (χ3v) is 5.30. The first-order valence-electron chi connectivity index (χ1n) is 5.33. The van der Waals surface area contributed by atoms with Gasteiger partial charge in [0.15, 0.2) is 0 Å². The summed E-state index contributed by atoms with van der Waals surface area (Å²) >= 11 is 2.05. The van der Waals surface area contributed by atoms with E-state index in [-0.39, 0.29) is 0 Å². The van der Waals surface area contributed by atoms with E-state index in [2.05, 4.69) is 12.2 Å². The summed E-state index contributed by atoms with van der Waals surface area (Å²) < 4.78 is 11.1. The maximum Gasteiger partial charge on any atom is 0.0329 e. The molecule has 0 spiro atoms. The Hall–Kier alpha value is 0.460. The number of hydrogen-bond acceptors (Lipinski definition) is 3. The van der Waals surface area contributed by atoms with Crippen molar-refractivity contribution in [3.8, 4) is 0 Å². The molecule has 0 aromatic carbocycles. The van der Waals surface area contributed by atoms with Crippen LogP contribution in [0.4, 0.5) is 0 Å². The van der Waals surface area contributed by atoms with Crippen molar-refractivity contribution in [3.63, 3.8) is 0 Å². The molecule has 84 valence electrons. The molecule has 1 saturated heterocycles. The van der Waals surface area contributed by atoms with Gasteiger partial charge in [-0.25, -0.2) is 0 Å². The smallest absolute Gasteiger partial charge is 0.0329 e. The maximum absolute atomic E-state index is 11.1. The quantitative estimate of drug-likeness (QED) is 0.785. The third-order valence-electron chi connectivity index (χ3n) is 2.71. The minimum absolute atomic E-state index is 0.332. The predicted octanol–water partition coefficient (Wildman–Crippen LogP) is 1.63. The van der Waals surface area contributed by atoms with E-state index >= 15 is 0 Å². The summed E-state index contributed by atoms with van der Waals surface area (Å²) in [6.07, 6.45) is 5.49. The molecule has 0 radical (unpaired) electrons. The zero-order valence-corrected chi connectivity index (χ0v) is 10.8. The SMILES string of the molecule is CC(CCNC1CCCSC1)S(C)=O. The summed E-state index contributed by atoms with van der Waals surface area (Å²) in [6.45, 7) is 3.08. The molecule has 3 unspecified atom stereocenters. The molecule has 1 rings (SSSR count). The summed E-state index contributed by atoms with van der Waals surface area (Å²) in [6, 6.07) is 0.700. The minimum Gasteiger partial charge on any atom is -0.313 e. The van der Waals surface area contributed by atoms with Crippen molar-refractivity contribution < 1.29 is 4.21 Å². The van der Waals surface area contributed by atoms with E-state index < -0.39 is 10.8 Å². The van der Waals surface area contributed by atoms with Crippen molar-refractivity contribution in [2.75, 3.05) is 24.3 Å². The van der Waals surface area contributed by atoms with E-state index in [0.29, 0.717) is 11.3 Å². The van der Waals surface area contributed by atoms with Crippen LogP contribution in [0.15, 0.2) is 0 Å². The molecule has 0 bridgehead atoms. The fourth-order valence-electron chi connectivity index (χ4n) is 1.56. The van der Waals surface area contributed by atoms with E-state index in [9.17, 15) is 4.21 Å². The van der Waals surface area contributed by atoms with Gasteiger partial charge in [0.1, 0.15) is 0 Å². The molecule has 0 amide bonds. The van der Waals surface area contributed by atoms with Gasteiger partial charge in [-0.1, -0.05) is 6.92 Å². The van der Waals surface area contributed by atoms with Crippen LogP contribution in [0.3, 0.4) is 0 Å². The molecule has 4 heteroatoms. The highest BCUT2D eigenvalue weighted by molar-refractivity contribution is 7.99. The fraction of sp³-hybridized carbons (Fsp3) is 1.00. The first-order chi connectivity index (χ1) is 6.70. The highest BCUT2D eigenvalue weighted by atomic mass is 32.2. The lowest BCUT2D eigenvalue weighted by molar-refractivity contribution is 0.499. The average molecular weight is 235 g/mol. The lowest BCUT2D eigenvalue weighted by Crippen LogP contribution is -2.35. The molecule has 2 nitrogen and oxygen atoms in total. The standard InChI is InChI=1S/C10H21NOS2/c1-9(14(2)12)5-6-11-10-4-3-7-13-8-10/h9-11H,3-8H2,1-2H3. The van der Waals surface area contributed by atoms with Gasteiger partial charge >= 0.3 is 0 Å². The van der Waals surface area contributed by atoms with E-state index in [1.165, 1.54) is 24.3 Å². The fourth-order valence-corrected chi connectivity index (χ4v) is 3.11. The van der Waals surface area contributed by atoms with Crippen LogP contribution in [-0.4, -0.2) is 39.8 Å². The molecule has 0 aromatic rings. The van der Waals surface area contributed by atoms with Crippen molar-refractivity contribution in [2.45, 2.75) is 37.5 Å². The zero-order chi connectivity index (χ0) is 10.4. The van der Waals surface area contributed by atoms with Gasteiger partial charge in [-0.2, -0.15) is 11.8 Å². The molecule has 1 N–H and O–H groups in total. The van der Waals surface area contributed by atoms with Crippen molar-refractivity contribution in [1.29, 1.82) is 0 Å². The molecule has 0 aliphatic carbocycles. The molecule has 1 aliphatic rings. The highest BCUT2D eigenvalue weighted by Gasteiger charge is 2.13. The van der Waals surface area contributed by atoms with Crippen molar-refractivity contribution in [2.24, 2.45) is 0 Å². The van der Waals surface area contributed by atoms with E-state index in [0.717, 1.165) is 13.0 Å². The summed E-state index contributed by atoms with van der Waals surface area (Å²) in [7, 11) is -0.662. The number of nitrogens with one attached hydrogen (secondary N) is 1. The van der Waals surface area contributed by atoms with Gasteiger partial charge in [0.2, 0.25) is 0 Å². The van der Waals surface area contributed by atoms with Crippen LogP contribution in [0.1, 0.15) is 26.2 Å². The Labute approximate surface area is 94.1 Å². The second kappa shape index (κ2) is 6.85. The Morgan fingerprint density at radius 1 is 1.64 bits per heavy atom. The Morgan fingerprint density at radius 3 is 3.00 bits per heavy atom. The minimum atomic E-state index is -0.662. The second-order valence-electron chi connectivity index (χ2n) is 3.97. The Morgan fingerprint density at radius 2 is 2.43 bits per heavy atom. The summed E-state index contributed by atoms with van der Waals surface area (Å²) in [4.78, 5) is 0. The topological polar surface area (TPSA) is 29.1 Å². The van der Waals surface area contributed by atoms with Crippen LogP contribution >= 0.6 is 11.8 Å². The molecule has 1 aliphatic heterocycles. The first-order valence-corrected chi connectivity index (χ1v) is 8.11. The van der Waals surface area contributed by atoms with Gasteiger partial charge in [-0.15, -0.1) is 0 Å². The molecule has 3 atom stereocenters. The second-order valence-corrected chi connectivity index (χ2v) is 6.92. The zero-order valence-electron chi connectivity index (χ0n) is 9.12.